The van der Waals surface area contributed by atoms with Crippen LogP contribution >= 0.6 is 15.9 Å². The van der Waals surface area contributed by atoms with Crippen molar-refractivity contribution in [2.75, 3.05) is 0 Å². The highest BCUT2D eigenvalue weighted by atomic mass is 79.9. The van der Waals surface area contributed by atoms with Crippen LogP contribution in [0.3, 0.4) is 0 Å². The van der Waals surface area contributed by atoms with Crippen LogP contribution in [-0.2, 0) is 0 Å². The second-order valence-corrected chi connectivity index (χ2v) is 3.76. The number of hydrogen-bond donors (Lipinski definition) is 1. The summed E-state index contributed by atoms with van der Waals surface area (Å²) < 4.78 is 25.5. The van der Waals surface area contributed by atoms with Gasteiger partial charge in [0.05, 0.1) is 17.1 Å². The molecule has 6 heteroatoms. The highest BCUT2D eigenvalue weighted by Crippen LogP contribution is 2.32. The molecule has 0 amide bonds. The lowest BCUT2D eigenvalue weighted by Crippen LogP contribution is -1.85. The first-order chi connectivity index (χ1) is 7.13. The van der Waals surface area contributed by atoms with E-state index < -0.39 is 6.43 Å². The molecule has 0 aliphatic heterocycles. The Morgan fingerprint density at radius 1 is 1.47 bits per heavy atom. The van der Waals surface area contributed by atoms with Gasteiger partial charge in [-0.2, -0.15) is 10.4 Å². The summed E-state index contributed by atoms with van der Waals surface area (Å²) in [5.74, 6) is 0. The third kappa shape index (κ3) is 1.59. The molecule has 0 saturated heterocycles. The van der Waals surface area contributed by atoms with Crippen LogP contribution < -0.4 is 0 Å². The summed E-state index contributed by atoms with van der Waals surface area (Å²) in [5.41, 5.74) is 0.499. The minimum atomic E-state index is -2.61. The molecular formula is C9H4BrF2N3. The molecule has 0 spiro atoms. The predicted molar refractivity (Wildman–Crippen MR) is 53.5 cm³/mol. The molecule has 2 rings (SSSR count). The van der Waals surface area contributed by atoms with Gasteiger partial charge in [-0.05, 0) is 28.1 Å². The molecule has 0 saturated carbocycles. The summed E-state index contributed by atoms with van der Waals surface area (Å²) >= 11 is 3.14. The summed E-state index contributed by atoms with van der Waals surface area (Å²) in [5, 5.41) is 15.0. The number of fused-ring (bicyclic) bond motifs is 1. The van der Waals surface area contributed by atoms with E-state index in [0.717, 1.165) is 0 Å². The zero-order valence-electron chi connectivity index (χ0n) is 7.26. The average molecular weight is 272 g/mol. The van der Waals surface area contributed by atoms with E-state index >= 15 is 0 Å². The SMILES string of the molecule is N#Cc1cc(Br)c2c(C(F)F)[nH]nc2c1. The van der Waals surface area contributed by atoms with Crippen molar-refractivity contribution in [2.24, 2.45) is 0 Å². The molecule has 1 aromatic heterocycles. The van der Waals surface area contributed by atoms with Crippen molar-refractivity contribution < 1.29 is 8.78 Å². The first-order valence-corrected chi connectivity index (χ1v) is 4.78. The van der Waals surface area contributed by atoms with E-state index in [1.807, 2.05) is 6.07 Å². The van der Waals surface area contributed by atoms with Crippen LogP contribution in [0, 0.1) is 11.3 Å². The molecule has 0 atom stereocenters. The minimum Gasteiger partial charge on any atom is -0.275 e. The second-order valence-electron chi connectivity index (χ2n) is 2.90. The molecule has 3 nitrogen and oxygen atoms in total. The Bertz CT molecular complexity index is 556. The maximum atomic E-state index is 12.5. The number of alkyl halides is 2. The van der Waals surface area contributed by atoms with E-state index in [1.165, 1.54) is 12.1 Å². The summed E-state index contributed by atoms with van der Waals surface area (Å²) in [6.45, 7) is 0. The lowest BCUT2D eigenvalue weighted by atomic mass is 10.1. The number of benzene rings is 1. The van der Waals surface area contributed by atoms with Crippen LogP contribution in [0.5, 0.6) is 0 Å². The van der Waals surface area contributed by atoms with Crippen molar-refractivity contribution in [1.82, 2.24) is 10.2 Å². The molecule has 0 unspecified atom stereocenters. The monoisotopic (exact) mass is 271 g/mol. The van der Waals surface area contributed by atoms with Gasteiger partial charge in [-0.15, -0.1) is 0 Å². The van der Waals surface area contributed by atoms with Gasteiger partial charge < -0.3 is 0 Å². The molecule has 0 aliphatic carbocycles. The first-order valence-electron chi connectivity index (χ1n) is 3.99. The number of aromatic nitrogens is 2. The van der Waals surface area contributed by atoms with E-state index in [4.69, 9.17) is 5.26 Å². The van der Waals surface area contributed by atoms with Crippen LogP contribution in [0.2, 0.25) is 0 Å². The van der Waals surface area contributed by atoms with Crippen molar-refractivity contribution in [3.05, 3.63) is 27.9 Å². The Balaban J connectivity index is 2.78. The highest BCUT2D eigenvalue weighted by molar-refractivity contribution is 9.10. The van der Waals surface area contributed by atoms with Gasteiger partial charge in [0.25, 0.3) is 6.43 Å². The molecule has 2 aromatic rings. The summed E-state index contributed by atoms with van der Waals surface area (Å²) in [4.78, 5) is 0. The Kier molecular flexibility index (Phi) is 2.40. The predicted octanol–water partition coefficient (Wildman–Crippen LogP) is 3.13. The Hall–Kier alpha value is -1.48. The smallest absolute Gasteiger partial charge is 0.275 e. The summed E-state index contributed by atoms with van der Waals surface area (Å²) in [6, 6.07) is 4.88. The van der Waals surface area contributed by atoms with Crippen LogP contribution in [0.4, 0.5) is 8.78 Å². The molecular weight excluding hydrogens is 268 g/mol. The summed E-state index contributed by atoms with van der Waals surface area (Å²) in [6.07, 6.45) is -2.61. The Morgan fingerprint density at radius 2 is 2.20 bits per heavy atom. The number of nitrogens with zero attached hydrogens (tertiary/aromatic N) is 2. The zero-order chi connectivity index (χ0) is 11.0. The lowest BCUT2D eigenvalue weighted by molar-refractivity contribution is 0.147. The van der Waals surface area contributed by atoms with Crippen LogP contribution in [0.15, 0.2) is 16.6 Å². The number of aromatic amines is 1. The number of rotatable bonds is 1. The number of H-pyrrole nitrogens is 1. The molecule has 0 fully saturated rings. The highest BCUT2D eigenvalue weighted by Gasteiger charge is 2.17. The Morgan fingerprint density at radius 3 is 2.80 bits per heavy atom. The third-order valence-corrected chi connectivity index (χ3v) is 2.61. The number of halogens is 3. The normalized spacial score (nSPS) is 10.9. The topological polar surface area (TPSA) is 52.5 Å². The van der Waals surface area contributed by atoms with Gasteiger partial charge in [-0.1, -0.05) is 0 Å². The first kappa shape index (κ1) is 10.1. The number of nitriles is 1. The molecule has 0 radical (unpaired) electrons. The fourth-order valence-corrected chi connectivity index (χ4v) is 2.01. The standard InChI is InChI=1S/C9H4BrF2N3/c10-5-1-4(3-13)2-6-7(5)8(9(11)12)15-14-6/h1-2,9H,(H,14,15). The van der Waals surface area contributed by atoms with E-state index in [0.29, 0.717) is 20.9 Å². The Labute approximate surface area is 91.8 Å². The molecule has 76 valence electrons. The van der Waals surface area contributed by atoms with E-state index in [9.17, 15) is 8.78 Å². The van der Waals surface area contributed by atoms with Crippen molar-refractivity contribution in [3.63, 3.8) is 0 Å². The fraction of sp³-hybridized carbons (Fsp3) is 0.111. The van der Waals surface area contributed by atoms with Gasteiger partial charge in [-0.3, -0.25) is 5.10 Å². The molecule has 1 aromatic carbocycles. The van der Waals surface area contributed by atoms with Crippen molar-refractivity contribution in [1.29, 1.82) is 5.26 Å². The van der Waals surface area contributed by atoms with Gasteiger partial charge in [0.2, 0.25) is 0 Å². The van der Waals surface area contributed by atoms with Crippen LogP contribution in [-0.4, -0.2) is 10.2 Å². The van der Waals surface area contributed by atoms with Crippen molar-refractivity contribution >= 4 is 26.8 Å². The average Bonchev–Trinajstić information content (AvgIpc) is 2.61. The van der Waals surface area contributed by atoms with Gasteiger partial charge in [-0.25, -0.2) is 8.78 Å². The van der Waals surface area contributed by atoms with Gasteiger partial charge in [0.1, 0.15) is 5.69 Å². The molecule has 1 N–H and O–H groups in total. The van der Waals surface area contributed by atoms with Crippen molar-refractivity contribution in [3.8, 4) is 6.07 Å². The molecule has 0 aliphatic rings. The summed E-state index contributed by atoms with van der Waals surface area (Å²) in [7, 11) is 0. The number of hydrogen-bond acceptors (Lipinski definition) is 2. The van der Waals surface area contributed by atoms with Gasteiger partial charge in [0, 0.05) is 9.86 Å². The molecule has 15 heavy (non-hydrogen) atoms. The van der Waals surface area contributed by atoms with Gasteiger partial charge >= 0.3 is 0 Å². The fourth-order valence-electron chi connectivity index (χ4n) is 1.35. The van der Waals surface area contributed by atoms with Crippen molar-refractivity contribution in [2.45, 2.75) is 6.43 Å². The third-order valence-electron chi connectivity index (χ3n) is 1.98. The van der Waals surface area contributed by atoms with E-state index in [-0.39, 0.29) is 5.69 Å². The molecule has 0 bridgehead atoms. The maximum absolute atomic E-state index is 12.5. The van der Waals surface area contributed by atoms with Gasteiger partial charge in [0.15, 0.2) is 0 Å². The van der Waals surface area contributed by atoms with E-state index in [1.54, 1.807) is 0 Å². The van der Waals surface area contributed by atoms with E-state index in [2.05, 4.69) is 26.1 Å². The second kappa shape index (κ2) is 3.59. The minimum absolute atomic E-state index is 0.235. The largest absolute Gasteiger partial charge is 0.280 e. The van der Waals surface area contributed by atoms with Crippen LogP contribution in [0.25, 0.3) is 10.9 Å². The zero-order valence-corrected chi connectivity index (χ0v) is 8.85. The quantitative estimate of drug-likeness (QED) is 0.866. The van der Waals surface area contributed by atoms with Crippen LogP contribution in [0.1, 0.15) is 17.7 Å². The number of nitrogens with one attached hydrogen (secondary N) is 1. The molecule has 1 heterocycles. The lowest BCUT2D eigenvalue weighted by Gasteiger charge is -1.98. The maximum Gasteiger partial charge on any atom is 0.280 e.